The smallest absolute Gasteiger partial charge is 0.280 e. The molecule has 6 atom stereocenters. The highest BCUT2D eigenvalue weighted by Crippen LogP contribution is 2.70. The van der Waals surface area contributed by atoms with Crippen LogP contribution in [0.2, 0.25) is 0 Å². The van der Waals surface area contributed by atoms with Crippen LogP contribution in [0.1, 0.15) is 66.2 Å². The summed E-state index contributed by atoms with van der Waals surface area (Å²) >= 11 is 0. The van der Waals surface area contributed by atoms with Gasteiger partial charge in [-0.2, -0.15) is 16.8 Å². The number of Topliss-reactive ketones (excluding diaryl/α,β-unsaturated/α-hetero) is 2. The van der Waals surface area contributed by atoms with Gasteiger partial charge in [-0.1, -0.05) is 27.7 Å². The molecule has 0 aromatic heterocycles. The zero-order valence-electron chi connectivity index (χ0n) is 18.5. The van der Waals surface area contributed by atoms with Gasteiger partial charge in [0.1, 0.15) is 11.6 Å². The van der Waals surface area contributed by atoms with Gasteiger partial charge in [-0.05, 0) is 48.3 Å². The van der Waals surface area contributed by atoms with Gasteiger partial charge in [0.05, 0.1) is 21.6 Å². The number of fused-ring (bicyclic) bond motifs is 4. The number of ketones is 2. The van der Waals surface area contributed by atoms with Gasteiger partial charge in [0.2, 0.25) is 0 Å². The summed E-state index contributed by atoms with van der Waals surface area (Å²) in [6.45, 7) is 6.67. The van der Waals surface area contributed by atoms with Crippen LogP contribution < -0.4 is 0 Å². The largest absolute Gasteiger partial charge is 0.299 e. The molecule has 32 heavy (non-hydrogen) atoms. The van der Waals surface area contributed by atoms with Crippen molar-refractivity contribution in [2.75, 3.05) is 0 Å². The molecule has 0 spiro atoms. The molecule has 4 fully saturated rings. The van der Waals surface area contributed by atoms with Crippen LogP contribution in [0.15, 0.2) is 0 Å². The summed E-state index contributed by atoms with van der Waals surface area (Å²) in [6, 6.07) is 0. The summed E-state index contributed by atoms with van der Waals surface area (Å²) in [5.41, 5.74) is -5.46. The third kappa shape index (κ3) is 2.70. The van der Waals surface area contributed by atoms with E-state index < -0.39 is 73.4 Å². The predicted octanol–water partition coefficient (Wildman–Crippen LogP) is 1.95. The van der Waals surface area contributed by atoms with Crippen molar-refractivity contribution in [1.29, 1.82) is 0 Å². The Hall–Kier alpha value is -0.690. The van der Waals surface area contributed by atoms with E-state index in [2.05, 4.69) is 0 Å². The summed E-state index contributed by atoms with van der Waals surface area (Å²) in [6.07, 6.45) is 1.09. The topological polar surface area (TPSA) is 160 Å². The second kappa shape index (κ2) is 6.71. The van der Waals surface area contributed by atoms with Crippen molar-refractivity contribution in [2.45, 2.75) is 75.4 Å². The lowest BCUT2D eigenvalue weighted by Crippen LogP contribution is -2.59. The Morgan fingerprint density at radius 1 is 0.781 bits per heavy atom. The molecule has 0 aromatic rings. The Kier molecular flexibility index (Phi) is 5.12. The summed E-state index contributed by atoms with van der Waals surface area (Å²) < 4.78 is 80.9. The van der Waals surface area contributed by atoms with Gasteiger partial charge in [0.15, 0.2) is 9.16 Å². The van der Waals surface area contributed by atoms with E-state index in [1.807, 2.05) is 0 Å². The zero-order valence-corrected chi connectivity index (χ0v) is 21.0. The molecule has 4 aliphatic carbocycles. The number of hydrogen-bond acceptors (Lipinski definition) is 7. The molecular weight excluding hydrogens is 480 g/mol. The van der Waals surface area contributed by atoms with Gasteiger partial charge in [-0.3, -0.25) is 22.9 Å². The van der Waals surface area contributed by atoms with Crippen LogP contribution in [0, 0.1) is 33.5 Å². The molecule has 0 heterocycles. The van der Waals surface area contributed by atoms with E-state index in [1.165, 1.54) is 0 Å². The second-order valence-electron chi connectivity index (χ2n) is 11.1. The SMILES string of the molecule is CC1(C)C2CCC1(C(S(=O)C(C13CCC(CC1=O)C3(C)C)S(=O)(=O)O)S(=O)(=O)O)C(=O)C2. The average molecular weight is 511 g/mol. The Bertz CT molecular complexity index is 1050. The van der Waals surface area contributed by atoms with Crippen molar-refractivity contribution in [3.8, 4) is 0 Å². The first-order valence-electron chi connectivity index (χ1n) is 10.8. The molecule has 182 valence electrons. The Balaban J connectivity index is 1.97. The van der Waals surface area contributed by atoms with Crippen molar-refractivity contribution in [2.24, 2.45) is 33.5 Å². The number of carbonyl (C=O) groups excluding carboxylic acids is 2. The summed E-state index contributed by atoms with van der Waals surface area (Å²) in [5, 5.41) is 0. The minimum absolute atomic E-state index is 0.0326. The number of hydrogen-bond donors (Lipinski definition) is 2. The first kappa shape index (κ1) is 24.4. The maximum Gasteiger partial charge on any atom is 0.280 e. The lowest BCUT2D eigenvalue weighted by molar-refractivity contribution is -0.128. The molecule has 6 unspecified atom stereocenters. The van der Waals surface area contributed by atoms with Crippen LogP contribution >= 0.6 is 0 Å². The molecule has 4 saturated carbocycles. The molecular formula is C20H30O9S3. The third-order valence-corrected chi connectivity index (χ3v) is 15.9. The molecule has 4 bridgehead atoms. The van der Waals surface area contributed by atoms with Gasteiger partial charge in [-0.25, -0.2) is 0 Å². The molecule has 0 saturated heterocycles. The van der Waals surface area contributed by atoms with E-state index >= 15 is 0 Å². The molecule has 0 aliphatic heterocycles. The Morgan fingerprint density at radius 2 is 1.09 bits per heavy atom. The van der Waals surface area contributed by atoms with Crippen LogP contribution in [0.25, 0.3) is 0 Å². The van der Waals surface area contributed by atoms with E-state index in [1.54, 1.807) is 27.7 Å². The lowest BCUT2D eigenvalue weighted by Gasteiger charge is -2.45. The molecule has 0 aromatic carbocycles. The van der Waals surface area contributed by atoms with E-state index in [4.69, 9.17) is 0 Å². The van der Waals surface area contributed by atoms with Gasteiger partial charge in [-0.15, -0.1) is 0 Å². The predicted molar refractivity (Wildman–Crippen MR) is 116 cm³/mol. The minimum Gasteiger partial charge on any atom is -0.299 e. The second-order valence-corrected chi connectivity index (χ2v) is 16.3. The van der Waals surface area contributed by atoms with E-state index in [0.717, 1.165) is 0 Å². The Morgan fingerprint density at radius 3 is 1.28 bits per heavy atom. The van der Waals surface area contributed by atoms with Crippen molar-refractivity contribution in [1.82, 2.24) is 0 Å². The van der Waals surface area contributed by atoms with Crippen LogP contribution in [-0.2, 0) is 40.6 Å². The monoisotopic (exact) mass is 510 g/mol. The fourth-order valence-electron chi connectivity index (χ4n) is 7.79. The van der Waals surface area contributed by atoms with Crippen LogP contribution in [0.4, 0.5) is 0 Å². The normalized spacial score (nSPS) is 40.6. The Labute approximate surface area is 191 Å². The van der Waals surface area contributed by atoms with E-state index in [9.17, 15) is 39.7 Å². The highest BCUT2D eigenvalue weighted by Gasteiger charge is 2.76. The fraction of sp³-hybridized carbons (Fsp3) is 0.900. The molecule has 0 radical (unpaired) electrons. The third-order valence-electron chi connectivity index (χ3n) is 9.74. The quantitative estimate of drug-likeness (QED) is 0.509. The van der Waals surface area contributed by atoms with E-state index in [0.29, 0.717) is 12.8 Å². The van der Waals surface area contributed by atoms with E-state index in [-0.39, 0.29) is 37.5 Å². The van der Waals surface area contributed by atoms with Gasteiger partial charge < -0.3 is 0 Å². The summed E-state index contributed by atoms with van der Waals surface area (Å²) in [7, 11) is -13.4. The van der Waals surface area contributed by atoms with Gasteiger partial charge in [0.25, 0.3) is 20.2 Å². The summed E-state index contributed by atoms with van der Waals surface area (Å²) in [4.78, 5) is 26.2. The minimum atomic E-state index is -5.21. The lowest BCUT2D eigenvalue weighted by atomic mass is 9.70. The van der Waals surface area contributed by atoms with Crippen molar-refractivity contribution in [3.05, 3.63) is 0 Å². The number of carbonyl (C=O) groups is 2. The fourth-order valence-corrected chi connectivity index (χ4v) is 14.8. The van der Waals surface area contributed by atoms with Crippen molar-refractivity contribution in [3.63, 3.8) is 0 Å². The molecule has 9 nitrogen and oxygen atoms in total. The van der Waals surface area contributed by atoms with Crippen LogP contribution in [-0.4, -0.2) is 50.9 Å². The first-order chi connectivity index (χ1) is 14.4. The molecule has 2 N–H and O–H groups in total. The maximum absolute atomic E-state index is 14.1. The van der Waals surface area contributed by atoms with Gasteiger partial charge >= 0.3 is 0 Å². The first-order valence-corrected chi connectivity index (χ1v) is 15.0. The zero-order chi connectivity index (χ0) is 24.3. The standard InChI is InChI=1S/C20H30O9S3/c1-17(2)11-5-7-19(17,13(21)9-11)15(31(24,25)26)30(23)16(32(27,28)29)20-8-6-12(10-14(20)22)18(20,3)4/h11-12,15-16H,5-10H2,1-4H3,(H,24,25,26)(H,27,28,29). The highest BCUT2D eigenvalue weighted by molar-refractivity contribution is 8.10. The molecule has 4 aliphatic rings. The van der Waals surface area contributed by atoms with Crippen molar-refractivity contribution >= 4 is 42.6 Å². The molecule has 0 amide bonds. The average Bonchev–Trinajstić information content (AvgIpc) is 3.13. The number of rotatable bonds is 6. The molecule has 12 heteroatoms. The van der Waals surface area contributed by atoms with Gasteiger partial charge in [0, 0.05) is 12.8 Å². The highest BCUT2D eigenvalue weighted by atomic mass is 32.3. The molecule has 4 rings (SSSR count). The van der Waals surface area contributed by atoms with Crippen LogP contribution in [0.3, 0.4) is 0 Å². The summed E-state index contributed by atoms with van der Waals surface area (Å²) in [5.74, 6) is -1.36. The van der Waals surface area contributed by atoms with Crippen LogP contribution in [0.5, 0.6) is 0 Å². The van der Waals surface area contributed by atoms with Crippen molar-refractivity contribution < 1.29 is 39.7 Å². The maximum atomic E-state index is 14.1.